The van der Waals surface area contributed by atoms with E-state index < -0.39 is 5.97 Å². The molecule has 0 bridgehead atoms. The van der Waals surface area contributed by atoms with Crippen molar-refractivity contribution >= 4 is 12.3 Å². The molecule has 0 spiro atoms. The molecule has 0 saturated carbocycles. The van der Waals surface area contributed by atoms with Crippen LogP contribution in [0.5, 0.6) is 11.5 Å². The van der Waals surface area contributed by atoms with Gasteiger partial charge in [0.25, 0.3) is 0 Å². The number of carboxylic acids is 1. The van der Waals surface area contributed by atoms with Gasteiger partial charge in [0, 0.05) is 22.3 Å². The van der Waals surface area contributed by atoms with Crippen LogP contribution in [0.3, 0.4) is 0 Å². The van der Waals surface area contributed by atoms with Gasteiger partial charge in [-0.2, -0.15) is 0 Å². The Hall–Kier alpha value is -2.82. The Labute approximate surface area is 147 Å². The summed E-state index contributed by atoms with van der Waals surface area (Å²) in [7, 11) is 3.10. The zero-order valence-corrected chi connectivity index (χ0v) is 15.3. The summed E-state index contributed by atoms with van der Waals surface area (Å²) in [6.45, 7) is 7.27. The third-order valence-corrected chi connectivity index (χ3v) is 4.45. The smallest absolute Gasteiger partial charge is 0.336 e. The van der Waals surface area contributed by atoms with Crippen LogP contribution in [0.2, 0.25) is 0 Å². The number of ether oxygens (including phenoxy) is 2. The second kappa shape index (κ2) is 6.97. The Morgan fingerprint density at radius 2 is 1.40 bits per heavy atom. The third-order valence-electron chi connectivity index (χ3n) is 4.45. The van der Waals surface area contributed by atoms with Crippen LogP contribution in [0.15, 0.2) is 12.1 Å². The third kappa shape index (κ3) is 2.97. The lowest BCUT2D eigenvalue weighted by Crippen LogP contribution is -2.08. The lowest BCUT2D eigenvalue weighted by atomic mass is 9.86. The number of carbonyl (C=O) groups is 2. The molecule has 0 atom stereocenters. The predicted octanol–water partition coefficient (Wildman–Crippen LogP) is 4.12. The molecular formula is C20H22O5. The normalized spacial score (nSPS) is 10.5. The molecule has 25 heavy (non-hydrogen) atoms. The van der Waals surface area contributed by atoms with E-state index in [2.05, 4.69) is 0 Å². The second-order valence-electron chi connectivity index (χ2n) is 6.01. The van der Waals surface area contributed by atoms with E-state index in [1.54, 1.807) is 40.2 Å². The van der Waals surface area contributed by atoms with Crippen molar-refractivity contribution < 1.29 is 24.2 Å². The number of aromatic carboxylic acids is 1. The number of methoxy groups -OCH3 is 2. The van der Waals surface area contributed by atoms with Gasteiger partial charge in [-0.15, -0.1) is 0 Å². The summed E-state index contributed by atoms with van der Waals surface area (Å²) in [5, 5.41) is 9.71. The van der Waals surface area contributed by atoms with Crippen LogP contribution in [-0.2, 0) is 0 Å². The van der Waals surface area contributed by atoms with Crippen LogP contribution in [0.1, 0.15) is 43.0 Å². The summed E-state index contributed by atoms with van der Waals surface area (Å²) in [6, 6.07) is 3.29. The first kappa shape index (κ1) is 18.5. The quantitative estimate of drug-likeness (QED) is 0.828. The molecule has 5 nitrogen and oxygen atoms in total. The second-order valence-corrected chi connectivity index (χ2v) is 6.01. The fourth-order valence-corrected chi connectivity index (χ4v) is 3.51. The molecule has 0 unspecified atom stereocenters. The molecule has 0 saturated heterocycles. The van der Waals surface area contributed by atoms with Gasteiger partial charge in [0.05, 0.1) is 19.8 Å². The van der Waals surface area contributed by atoms with Crippen molar-refractivity contribution in [1.82, 2.24) is 0 Å². The summed E-state index contributed by atoms with van der Waals surface area (Å²) in [5.41, 5.74) is 4.54. The highest BCUT2D eigenvalue weighted by Gasteiger charge is 2.24. The fourth-order valence-electron chi connectivity index (χ4n) is 3.51. The first-order chi connectivity index (χ1) is 11.8. The minimum Gasteiger partial charge on any atom is -0.496 e. The summed E-state index contributed by atoms with van der Waals surface area (Å²) in [4.78, 5) is 23.6. The highest BCUT2D eigenvalue weighted by Crippen LogP contribution is 2.42. The van der Waals surface area contributed by atoms with Crippen molar-refractivity contribution in [3.05, 3.63) is 45.5 Å². The zero-order chi connectivity index (χ0) is 18.9. The lowest BCUT2D eigenvalue weighted by Gasteiger charge is -2.21. The van der Waals surface area contributed by atoms with Gasteiger partial charge in [0.1, 0.15) is 11.5 Å². The molecule has 2 rings (SSSR count). The van der Waals surface area contributed by atoms with Crippen LogP contribution < -0.4 is 9.47 Å². The highest BCUT2D eigenvalue weighted by atomic mass is 16.5. The number of carboxylic acid groups (broad SMARTS) is 1. The maximum absolute atomic E-state index is 11.9. The van der Waals surface area contributed by atoms with E-state index in [0.29, 0.717) is 33.8 Å². The van der Waals surface area contributed by atoms with Crippen molar-refractivity contribution in [3.63, 3.8) is 0 Å². The molecule has 2 aromatic rings. The highest BCUT2D eigenvalue weighted by molar-refractivity contribution is 6.02. The van der Waals surface area contributed by atoms with Crippen LogP contribution in [0.25, 0.3) is 11.1 Å². The van der Waals surface area contributed by atoms with Crippen LogP contribution >= 0.6 is 0 Å². The Morgan fingerprint density at radius 3 is 1.84 bits per heavy atom. The summed E-state index contributed by atoms with van der Waals surface area (Å²) in [5.74, 6) is 0.186. The summed E-state index contributed by atoms with van der Waals surface area (Å²) < 4.78 is 10.9. The van der Waals surface area contributed by atoms with Gasteiger partial charge in [0.2, 0.25) is 0 Å². The van der Waals surface area contributed by atoms with Gasteiger partial charge in [-0.05, 0) is 56.5 Å². The van der Waals surface area contributed by atoms with E-state index in [1.807, 2.05) is 13.8 Å². The number of rotatable bonds is 5. The predicted molar refractivity (Wildman–Crippen MR) is 96.3 cm³/mol. The average molecular weight is 342 g/mol. The van der Waals surface area contributed by atoms with Gasteiger partial charge >= 0.3 is 5.97 Å². The van der Waals surface area contributed by atoms with Gasteiger partial charge in [-0.25, -0.2) is 4.79 Å². The van der Waals surface area contributed by atoms with Crippen LogP contribution in [-0.4, -0.2) is 31.6 Å². The molecule has 5 heteroatoms. The molecule has 0 fully saturated rings. The molecule has 132 valence electrons. The molecule has 2 aromatic carbocycles. The van der Waals surface area contributed by atoms with E-state index in [-0.39, 0.29) is 5.56 Å². The molecule has 1 N–H and O–H groups in total. The molecule has 0 aliphatic heterocycles. The summed E-state index contributed by atoms with van der Waals surface area (Å²) >= 11 is 0. The Kier molecular flexibility index (Phi) is 5.16. The molecule has 0 radical (unpaired) electrons. The topological polar surface area (TPSA) is 72.8 Å². The van der Waals surface area contributed by atoms with E-state index in [4.69, 9.17) is 9.47 Å². The van der Waals surface area contributed by atoms with Gasteiger partial charge in [-0.3, -0.25) is 4.79 Å². The monoisotopic (exact) mass is 342 g/mol. The molecule has 0 aliphatic rings. The minimum atomic E-state index is -1.06. The maximum atomic E-state index is 11.9. The SMILES string of the molecule is COc1c(C)cc(C=O)c(-c2c(C(=O)O)cc(C)c(OC)c2C)c1C. The minimum absolute atomic E-state index is 0.132. The number of aldehydes is 1. The summed E-state index contributed by atoms with van der Waals surface area (Å²) in [6.07, 6.45) is 0.742. The molecule has 0 aliphatic carbocycles. The van der Waals surface area contributed by atoms with Crippen molar-refractivity contribution in [2.45, 2.75) is 27.7 Å². The van der Waals surface area contributed by atoms with Gasteiger partial charge in [-0.1, -0.05) is 0 Å². The number of hydrogen-bond acceptors (Lipinski definition) is 4. The van der Waals surface area contributed by atoms with Crippen molar-refractivity contribution in [2.24, 2.45) is 0 Å². The molecule has 0 aromatic heterocycles. The first-order valence-corrected chi connectivity index (χ1v) is 7.83. The lowest BCUT2D eigenvalue weighted by molar-refractivity contribution is 0.0697. The van der Waals surface area contributed by atoms with Crippen molar-refractivity contribution in [3.8, 4) is 22.6 Å². The molecular weight excluding hydrogens is 320 g/mol. The number of aryl methyl sites for hydroxylation is 2. The van der Waals surface area contributed by atoms with Crippen LogP contribution in [0, 0.1) is 27.7 Å². The van der Waals surface area contributed by atoms with E-state index in [9.17, 15) is 14.7 Å². The standard InChI is InChI=1S/C20H22O5/c1-10-7-14(9-21)16(12(3)18(10)24-5)17-13(4)19(25-6)11(2)8-15(17)20(22)23/h7-9H,1-6H3,(H,22,23). The van der Waals surface area contributed by atoms with Gasteiger partial charge in [0.15, 0.2) is 6.29 Å². The first-order valence-electron chi connectivity index (χ1n) is 7.83. The van der Waals surface area contributed by atoms with Crippen molar-refractivity contribution in [1.29, 1.82) is 0 Å². The van der Waals surface area contributed by atoms with E-state index >= 15 is 0 Å². The Morgan fingerprint density at radius 1 is 0.920 bits per heavy atom. The Bertz CT molecular complexity index is 865. The molecule has 0 heterocycles. The number of benzene rings is 2. The number of hydrogen-bond donors (Lipinski definition) is 1. The molecule has 0 amide bonds. The Balaban J connectivity index is 3.05. The van der Waals surface area contributed by atoms with E-state index in [1.165, 1.54) is 0 Å². The number of carbonyl (C=O) groups excluding carboxylic acids is 1. The van der Waals surface area contributed by atoms with Gasteiger partial charge < -0.3 is 14.6 Å². The van der Waals surface area contributed by atoms with E-state index in [0.717, 1.165) is 23.0 Å². The average Bonchev–Trinajstić information content (AvgIpc) is 2.55. The maximum Gasteiger partial charge on any atom is 0.336 e. The van der Waals surface area contributed by atoms with Crippen LogP contribution in [0.4, 0.5) is 0 Å². The van der Waals surface area contributed by atoms with Crippen molar-refractivity contribution in [2.75, 3.05) is 14.2 Å². The largest absolute Gasteiger partial charge is 0.496 e. The fraction of sp³-hybridized carbons (Fsp3) is 0.300. The zero-order valence-electron chi connectivity index (χ0n) is 15.3.